The second kappa shape index (κ2) is 10.5. The van der Waals surface area contributed by atoms with E-state index in [9.17, 15) is 40.3 Å². The first-order chi connectivity index (χ1) is 18.8. The SMILES string of the molecule is CC1(C)[C@@H](NC(=O)C[C@@H]2CCc3cc(C(O)(CF)C(F)(F)F)ccc3N2S(=O)(=O)c2ccc(F)cc2)CC[C@@]1(C)N. The molecule has 1 fully saturated rings. The van der Waals surface area contributed by atoms with Gasteiger partial charge >= 0.3 is 6.18 Å². The largest absolute Gasteiger partial charge is 0.424 e. The normalized spacial score (nSPS) is 25.9. The van der Waals surface area contributed by atoms with Gasteiger partial charge in [0.05, 0.1) is 16.6 Å². The number of benzene rings is 2. The topological polar surface area (TPSA) is 113 Å². The van der Waals surface area contributed by atoms with Crippen LogP contribution in [0.25, 0.3) is 0 Å². The fourth-order valence-corrected chi connectivity index (χ4v) is 7.40. The number of sulfonamides is 1. The third-order valence-corrected chi connectivity index (χ3v) is 10.8. The summed E-state index contributed by atoms with van der Waals surface area (Å²) in [5.74, 6) is -1.10. The quantitative estimate of drug-likeness (QED) is 0.405. The maximum atomic E-state index is 13.8. The molecule has 1 aliphatic carbocycles. The molecule has 2 aromatic rings. The first kappa shape index (κ1) is 31.2. The van der Waals surface area contributed by atoms with E-state index in [1.807, 2.05) is 20.8 Å². The van der Waals surface area contributed by atoms with Gasteiger partial charge in [-0.2, -0.15) is 13.2 Å². The van der Waals surface area contributed by atoms with Crippen LogP contribution in [0.4, 0.5) is 27.6 Å². The molecule has 13 heteroatoms. The van der Waals surface area contributed by atoms with Crippen LogP contribution in [0.1, 0.15) is 57.6 Å². The standard InChI is InChI=1S/C28H34F5N3O4S/c1-25(2)23(12-13-26(25,3)34)35-24(37)15-20-8-4-17-14-18(27(38,16-29)28(31,32)33)5-11-22(17)36(20)41(39,40)21-9-6-19(30)7-10-21/h5-7,9-11,14,20,23,38H,4,8,12-13,15-16,34H2,1-3H3,(H,35,37)/t20-,23-,26+,27?/m0/s1. The van der Waals surface area contributed by atoms with E-state index in [4.69, 9.17) is 5.73 Å². The van der Waals surface area contributed by atoms with Gasteiger partial charge in [0.2, 0.25) is 11.5 Å². The van der Waals surface area contributed by atoms with Crippen LogP contribution in [0.5, 0.6) is 0 Å². The summed E-state index contributed by atoms with van der Waals surface area (Å²) in [6, 6.07) is 5.67. The summed E-state index contributed by atoms with van der Waals surface area (Å²) in [6.45, 7) is 3.68. The highest BCUT2D eigenvalue weighted by Gasteiger charge is 2.56. The van der Waals surface area contributed by atoms with Crippen LogP contribution in [-0.4, -0.2) is 49.9 Å². The lowest BCUT2D eigenvalue weighted by molar-refractivity contribution is -0.271. The monoisotopic (exact) mass is 603 g/mol. The van der Waals surface area contributed by atoms with Crippen molar-refractivity contribution < 1.29 is 40.3 Å². The third-order valence-electron chi connectivity index (χ3n) is 8.96. The van der Waals surface area contributed by atoms with Gasteiger partial charge in [0.25, 0.3) is 10.0 Å². The molecule has 2 aromatic carbocycles. The Morgan fingerprint density at radius 3 is 2.29 bits per heavy atom. The summed E-state index contributed by atoms with van der Waals surface area (Å²) in [7, 11) is -4.43. The van der Waals surface area contributed by atoms with Crippen molar-refractivity contribution in [3.8, 4) is 0 Å². The van der Waals surface area contributed by atoms with Crippen LogP contribution in [-0.2, 0) is 26.8 Å². The first-order valence-corrected chi connectivity index (χ1v) is 14.7. The van der Waals surface area contributed by atoms with Crippen molar-refractivity contribution in [1.29, 1.82) is 0 Å². The number of hydrogen-bond donors (Lipinski definition) is 3. The van der Waals surface area contributed by atoms with E-state index in [0.29, 0.717) is 12.8 Å². The number of carbonyl (C=O) groups excluding carboxylic acids is 1. The van der Waals surface area contributed by atoms with Crippen molar-refractivity contribution in [3.05, 3.63) is 59.4 Å². The Bertz CT molecular complexity index is 1410. The number of nitrogens with zero attached hydrogens (tertiary/aromatic N) is 1. The van der Waals surface area contributed by atoms with Crippen LogP contribution in [0.15, 0.2) is 47.4 Å². The summed E-state index contributed by atoms with van der Waals surface area (Å²) < 4.78 is 96.3. The van der Waals surface area contributed by atoms with Crippen LogP contribution in [0.3, 0.4) is 0 Å². The second-order valence-electron chi connectivity index (χ2n) is 11.8. The number of anilines is 1. The highest BCUT2D eigenvalue weighted by atomic mass is 32.2. The summed E-state index contributed by atoms with van der Waals surface area (Å²) in [6.07, 6.45) is -4.15. The average molecular weight is 604 g/mol. The highest BCUT2D eigenvalue weighted by Crippen LogP contribution is 2.45. The number of halogens is 5. The molecule has 7 nitrogen and oxygen atoms in total. The lowest BCUT2D eigenvalue weighted by Gasteiger charge is -2.40. The highest BCUT2D eigenvalue weighted by molar-refractivity contribution is 7.92. The van der Waals surface area contributed by atoms with Gasteiger partial charge in [-0.1, -0.05) is 26.0 Å². The lowest BCUT2D eigenvalue weighted by Crippen LogP contribution is -2.55. The number of fused-ring (bicyclic) bond motifs is 1. The van der Waals surface area contributed by atoms with E-state index in [2.05, 4.69) is 5.32 Å². The van der Waals surface area contributed by atoms with Gasteiger partial charge in [0.15, 0.2) is 0 Å². The smallest absolute Gasteiger partial charge is 0.374 e. The second-order valence-corrected chi connectivity index (χ2v) is 13.6. The fourth-order valence-electron chi connectivity index (χ4n) is 5.69. The van der Waals surface area contributed by atoms with E-state index in [1.165, 1.54) is 0 Å². The molecule has 4 rings (SSSR count). The van der Waals surface area contributed by atoms with E-state index in [1.54, 1.807) is 0 Å². The Morgan fingerprint density at radius 1 is 1.12 bits per heavy atom. The van der Waals surface area contributed by atoms with Gasteiger partial charge < -0.3 is 16.2 Å². The van der Waals surface area contributed by atoms with Gasteiger partial charge in [-0.25, -0.2) is 17.2 Å². The lowest BCUT2D eigenvalue weighted by atomic mass is 9.75. The molecule has 41 heavy (non-hydrogen) atoms. The summed E-state index contributed by atoms with van der Waals surface area (Å²) in [5.41, 5.74) is 1.02. The molecule has 1 unspecified atom stereocenters. The molecule has 1 aliphatic heterocycles. The molecule has 0 saturated heterocycles. The Balaban J connectivity index is 1.72. The molecule has 0 bridgehead atoms. The van der Waals surface area contributed by atoms with Crippen molar-refractivity contribution in [2.45, 2.75) is 87.2 Å². The van der Waals surface area contributed by atoms with Gasteiger partial charge in [-0.3, -0.25) is 9.10 Å². The van der Waals surface area contributed by atoms with Crippen LogP contribution < -0.4 is 15.4 Å². The van der Waals surface area contributed by atoms with Crippen molar-refractivity contribution in [3.63, 3.8) is 0 Å². The number of nitrogens with one attached hydrogen (secondary N) is 1. The van der Waals surface area contributed by atoms with E-state index in [0.717, 1.165) is 46.8 Å². The predicted octanol–water partition coefficient (Wildman–Crippen LogP) is 4.47. The number of carbonyl (C=O) groups is 1. The zero-order valence-electron chi connectivity index (χ0n) is 22.9. The summed E-state index contributed by atoms with van der Waals surface area (Å²) in [4.78, 5) is 13.0. The van der Waals surface area contributed by atoms with Crippen molar-refractivity contribution >= 4 is 21.6 Å². The van der Waals surface area contributed by atoms with E-state index < -0.39 is 62.8 Å². The van der Waals surface area contributed by atoms with Crippen molar-refractivity contribution in [2.24, 2.45) is 11.1 Å². The molecule has 1 heterocycles. The number of nitrogens with two attached hydrogens (primary N) is 1. The number of amides is 1. The molecular formula is C28H34F5N3O4S. The van der Waals surface area contributed by atoms with Gasteiger partial charge in [-0.15, -0.1) is 0 Å². The summed E-state index contributed by atoms with van der Waals surface area (Å²) >= 11 is 0. The van der Waals surface area contributed by atoms with Gasteiger partial charge in [-0.05, 0) is 74.1 Å². The number of rotatable bonds is 7. The number of alkyl halides is 4. The zero-order chi connectivity index (χ0) is 30.6. The molecule has 4 atom stereocenters. The molecule has 1 saturated carbocycles. The minimum atomic E-state index is -5.32. The summed E-state index contributed by atoms with van der Waals surface area (Å²) in [5, 5.41) is 13.1. The molecule has 1 amide bonds. The minimum absolute atomic E-state index is 0.0127. The number of aliphatic hydroxyl groups is 1. The van der Waals surface area contributed by atoms with E-state index in [-0.39, 0.29) is 41.5 Å². The first-order valence-electron chi connectivity index (χ1n) is 13.2. The maximum absolute atomic E-state index is 13.8. The zero-order valence-corrected chi connectivity index (χ0v) is 23.7. The van der Waals surface area contributed by atoms with Crippen molar-refractivity contribution in [2.75, 3.05) is 11.0 Å². The molecule has 226 valence electrons. The Labute approximate surface area is 236 Å². The molecule has 4 N–H and O–H groups in total. The maximum Gasteiger partial charge on any atom is 0.424 e. The van der Waals surface area contributed by atoms with E-state index >= 15 is 0 Å². The number of hydrogen-bond acceptors (Lipinski definition) is 5. The van der Waals surface area contributed by atoms with Crippen LogP contribution in [0.2, 0.25) is 0 Å². The van der Waals surface area contributed by atoms with Crippen molar-refractivity contribution in [1.82, 2.24) is 5.32 Å². The number of aryl methyl sites for hydroxylation is 1. The van der Waals surface area contributed by atoms with Gasteiger partial charge in [0.1, 0.15) is 12.5 Å². The predicted molar refractivity (Wildman–Crippen MR) is 143 cm³/mol. The molecule has 0 spiro atoms. The molecular weight excluding hydrogens is 569 g/mol. The fraction of sp³-hybridized carbons (Fsp3) is 0.536. The Kier molecular flexibility index (Phi) is 7.98. The van der Waals surface area contributed by atoms with Crippen LogP contribution >= 0.6 is 0 Å². The molecule has 0 aromatic heterocycles. The Hall–Kier alpha value is -2.77. The molecule has 2 aliphatic rings. The van der Waals surface area contributed by atoms with Gasteiger partial charge in [0, 0.05) is 23.4 Å². The third kappa shape index (κ3) is 5.43. The molecule has 0 radical (unpaired) electrons. The van der Waals surface area contributed by atoms with Crippen LogP contribution in [0, 0.1) is 11.2 Å². The average Bonchev–Trinajstić information content (AvgIpc) is 3.08. The Morgan fingerprint density at radius 2 is 1.76 bits per heavy atom. The minimum Gasteiger partial charge on any atom is -0.374 e.